The van der Waals surface area contributed by atoms with Crippen LogP contribution in [0.4, 0.5) is 0 Å². The number of benzene rings is 2. The fraction of sp³-hybridized carbons (Fsp3) is 0.364. The van der Waals surface area contributed by atoms with Crippen LogP contribution < -0.4 is 10.1 Å². The van der Waals surface area contributed by atoms with Gasteiger partial charge in [-0.15, -0.1) is 0 Å². The van der Waals surface area contributed by atoms with Gasteiger partial charge < -0.3 is 15.0 Å². The van der Waals surface area contributed by atoms with Crippen LogP contribution >= 0.6 is 23.2 Å². The number of carbonyl (C=O) groups is 2. The Hall–Kier alpha value is -2.24. The lowest BCUT2D eigenvalue weighted by Crippen LogP contribution is -2.51. The zero-order chi connectivity index (χ0) is 21.4. The first-order chi connectivity index (χ1) is 13.8. The van der Waals surface area contributed by atoms with Crippen LogP contribution in [0.1, 0.15) is 32.8 Å². The number of nitrogens with zero attached hydrogens (tertiary/aromatic N) is 1. The Bertz CT molecular complexity index is 825. The molecule has 0 fully saturated rings. The third-order valence-electron chi connectivity index (χ3n) is 4.24. The largest absolute Gasteiger partial charge is 0.484 e. The van der Waals surface area contributed by atoms with Crippen molar-refractivity contribution in [2.75, 3.05) is 6.61 Å². The molecule has 0 heterocycles. The summed E-state index contributed by atoms with van der Waals surface area (Å²) in [5, 5.41) is 4.03. The van der Waals surface area contributed by atoms with Gasteiger partial charge in [0.1, 0.15) is 11.8 Å². The molecule has 156 valence electrons. The summed E-state index contributed by atoms with van der Waals surface area (Å²) < 4.78 is 5.61. The average molecular weight is 437 g/mol. The molecule has 0 aliphatic carbocycles. The van der Waals surface area contributed by atoms with Gasteiger partial charge in [-0.25, -0.2) is 0 Å². The molecule has 0 aromatic heterocycles. The van der Waals surface area contributed by atoms with Crippen LogP contribution in [0.5, 0.6) is 5.75 Å². The summed E-state index contributed by atoms with van der Waals surface area (Å²) in [6.07, 6.45) is 0.481. The van der Waals surface area contributed by atoms with Gasteiger partial charge in [0.15, 0.2) is 6.61 Å². The summed E-state index contributed by atoms with van der Waals surface area (Å²) in [5.41, 5.74) is 0.876. The van der Waals surface area contributed by atoms with Crippen molar-refractivity contribution < 1.29 is 14.3 Å². The number of amides is 2. The van der Waals surface area contributed by atoms with Crippen molar-refractivity contribution in [2.24, 2.45) is 0 Å². The fourth-order valence-electron chi connectivity index (χ4n) is 2.87. The number of halogens is 2. The van der Waals surface area contributed by atoms with Crippen molar-refractivity contribution in [1.82, 2.24) is 10.2 Å². The summed E-state index contributed by atoms with van der Waals surface area (Å²) >= 11 is 11.9. The van der Waals surface area contributed by atoms with Crippen LogP contribution in [-0.2, 0) is 16.1 Å². The molecule has 0 aliphatic rings. The van der Waals surface area contributed by atoms with Gasteiger partial charge in [-0.3, -0.25) is 9.59 Å². The van der Waals surface area contributed by atoms with E-state index in [9.17, 15) is 9.59 Å². The van der Waals surface area contributed by atoms with Gasteiger partial charge in [0.05, 0.1) is 0 Å². The second-order valence-corrected chi connectivity index (χ2v) is 7.85. The maximum absolute atomic E-state index is 13.0. The molecule has 0 spiro atoms. The number of carbonyl (C=O) groups excluding carboxylic acids is 2. The van der Waals surface area contributed by atoms with Gasteiger partial charge in [0.2, 0.25) is 5.91 Å². The Balaban J connectivity index is 2.20. The Morgan fingerprint density at radius 2 is 1.76 bits per heavy atom. The van der Waals surface area contributed by atoms with Gasteiger partial charge in [0, 0.05) is 22.6 Å². The number of hydrogen-bond acceptors (Lipinski definition) is 3. The molecule has 7 heteroatoms. The zero-order valence-electron chi connectivity index (χ0n) is 16.8. The van der Waals surface area contributed by atoms with Gasteiger partial charge in [-0.2, -0.15) is 0 Å². The normalized spacial score (nSPS) is 11.8. The van der Waals surface area contributed by atoms with Crippen molar-refractivity contribution >= 4 is 35.0 Å². The highest BCUT2D eigenvalue weighted by Crippen LogP contribution is 2.19. The monoisotopic (exact) mass is 436 g/mol. The molecule has 1 unspecified atom stereocenters. The molecular formula is C22H26Cl2N2O3. The zero-order valence-corrected chi connectivity index (χ0v) is 18.3. The van der Waals surface area contributed by atoms with Crippen LogP contribution in [0.3, 0.4) is 0 Å². The van der Waals surface area contributed by atoms with Gasteiger partial charge in [-0.05, 0) is 56.2 Å². The van der Waals surface area contributed by atoms with E-state index in [1.165, 1.54) is 0 Å². The van der Waals surface area contributed by atoms with Gasteiger partial charge in [0.25, 0.3) is 5.91 Å². The average Bonchev–Trinajstić information content (AvgIpc) is 2.67. The Kier molecular flexibility index (Phi) is 8.80. The minimum atomic E-state index is -0.608. The molecule has 2 aromatic carbocycles. The summed E-state index contributed by atoms with van der Waals surface area (Å²) in [6.45, 7) is 5.74. The molecule has 2 aromatic rings. The number of hydrogen-bond donors (Lipinski definition) is 1. The molecule has 0 bridgehead atoms. The smallest absolute Gasteiger partial charge is 0.261 e. The van der Waals surface area contributed by atoms with Crippen LogP contribution in [0, 0.1) is 0 Å². The molecule has 29 heavy (non-hydrogen) atoms. The highest BCUT2D eigenvalue weighted by Gasteiger charge is 2.29. The minimum absolute atomic E-state index is 0.0215. The lowest BCUT2D eigenvalue weighted by Gasteiger charge is -2.31. The highest BCUT2D eigenvalue weighted by atomic mass is 35.5. The van der Waals surface area contributed by atoms with E-state index >= 15 is 0 Å². The topological polar surface area (TPSA) is 58.6 Å². The molecular weight excluding hydrogens is 411 g/mol. The van der Waals surface area contributed by atoms with Crippen LogP contribution in [0.2, 0.25) is 10.0 Å². The van der Waals surface area contributed by atoms with E-state index in [1.54, 1.807) is 41.3 Å². The lowest BCUT2D eigenvalue weighted by molar-refractivity contribution is -0.143. The van der Waals surface area contributed by atoms with Crippen molar-refractivity contribution in [1.29, 1.82) is 0 Å². The Morgan fingerprint density at radius 1 is 1.07 bits per heavy atom. The summed E-state index contributed by atoms with van der Waals surface area (Å²) in [6, 6.07) is 13.4. The van der Waals surface area contributed by atoms with Gasteiger partial charge >= 0.3 is 0 Å². The first-order valence-corrected chi connectivity index (χ1v) is 10.3. The number of ether oxygens (including phenoxy) is 1. The van der Waals surface area contributed by atoms with Crippen molar-refractivity contribution in [3.63, 3.8) is 0 Å². The second-order valence-electron chi connectivity index (χ2n) is 6.98. The lowest BCUT2D eigenvalue weighted by atomic mass is 10.1. The Morgan fingerprint density at radius 3 is 2.34 bits per heavy atom. The summed E-state index contributed by atoms with van der Waals surface area (Å²) in [5.74, 6) is 0.0234. The molecule has 0 saturated carbocycles. The first-order valence-electron chi connectivity index (χ1n) is 9.52. The first kappa shape index (κ1) is 23.0. The molecule has 2 rings (SSSR count). The SMILES string of the molecule is CCC(C(=O)NC(C)C)N(Cc1ccc(Cl)cc1)C(=O)COc1cccc(Cl)c1. The summed E-state index contributed by atoms with van der Waals surface area (Å²) in [7, 11) is 0. The summed E-state index contributed by atoms with van der Waals surface area (Å²) in [4.78, 5) is 27.3. The maximum Gasteiger partial charge on any atom is 0.261 e. The van der Waals surface area contributed by atoms with E-state index in [0.717, 1.165) is 5.56 Å². The third-order valence-corrected chi connectivity index (χ3v) is 4.73. The highest BCUT2D eigenvalue weighted by molar-refractivity contribution is 6.30. The molecule has 0 radical (unpaired) electrons. The molecule has 2 amide bonds. The predicted molar refractivity (Wildman–Crippen MR) is 116 cm³/mol. The number of nitrogens with one attached hydrogen (secondary N) is 1. The van der Waals surface area contributed by atoms with Crippen molar-refractivity contribution in [3.8, 4) is 5.75 Å². The molecule has 0 saturated heterocycles. The third kappa shape index (κ3) is 7.26. The molecule has 5 nitrogen and oxygen atoms in total. The van der Waals surface area contributed by atoms with E-state index in [1.807, 2.05) is 32.9 Å². The fourth-order valence-corrected chi connectivity index (χ4v) is 3.18. The van der Waals surface area contributed by atoms with E-state index in [0.29, 0.717) is 22.2 Å². The molecule has 1 atom stereocenters. The van der Waals surface area contributed by atoms with E-state index in [-0.39, 0.29) is 31.0 Å². The number of rotatable bonds is 9. The van der Waals surface area contributed by atoms with E-state index in [2.05, 4.69) is 5.32 Å². The Labute approximate surface area is 181 Å². The van der Waals surface area contributed by atoms with Crippen molar-refractivity contribution in [2.45, 2.75) is 45.8 Å². The second kappa shape index (κ2) is 11.1. The maximum atomic E-state index is 13.0. The minimum Gasteiger partial charge on any atom is -0.484 e. The molecule has 0 aliphatic heterocycles. The van der Waals surface area contributed by atoms with Crippen molar-refractivity contribution in [3.05, 3.63) is 64.1 Å². The van der Waals surface area contributed by atoms with Crippen LogP contribution in [0.25, 0.3) is 0 Å². The predicted octanol–water partition coefficient (Wildman–Crippen LogP) is 4.70. The van der Waals surface area contributed by atoms with Gasteiger partial charge in [-0.1, -0.05) is 48.3 Å². The molecule has 1 N–H and O–H groups in total. The van der Waals surface area contributed by atoms with Crippen LogP contribution in [0.15, 0.2) is 48.5 Å². The standard InChI is InChI=1S/C22H26Cl2N2O3/c1-4-20(22(28)25-15(2)3)26(13-16-8-10-17(23)11-9-16)21(27)14-29-19-7-5-6-18(24)12-19/h5-12,15,20H,4,13-14H2,1-3H3,(H,25,28). The van der Waals surface area contributed by atoms with E-state index in [4.69, 9.17) is 27.9 Å². The quantitative estimate of drug-likeness (QED) is 0.619. The van der Waals surface area contributed by atoms with E-state index < -0.39 is 6.04 Å². The van der Waals surface area contributed by atoms with Crippen LogP contribution in [-0.4, -0.2) is 35.4 Å².